The Balaban J connectivity index is 1.95. The number of alkyl carbamates (subject to hydrolysis) is 1. The summed E-state index contributed by atoms with van der Waals surface area (Å²) in [5.41, 5.74) is -0.399. The van der Waals surface area contributed by atoms with E-state index in [9.17, 15) is 28.3 Å². The first kappa shape index (κ1) is 28.5. The van der Waals surface area contributed by atoms with E-state index in [0.717, 1.165) is 5.56 Å². The summed E-state index contributed by atoms with van der Waals surface area (Å²) < 4.78 is 39.2. The van der Waals surface area contributed by atoms with Gasteiger partial charge in [-0.15, -0.1) is 0 Å². The van der Waals surface area contributed by atoms with Crippen molar-refractivity contribution in [2.75, 3.05) is 13.7 Å². The van der Waals surface area contributed by atoms with Crippen LogP contribution in [0.1, 0.15) is 60.7 Å². The molecule has 8 nitrogen and oxygen atoms in total. The van der Waals surface area contributed by atoms with Gasteiger partial charge in [-0.3, -0.25) is 10.1 Å². The number of nitrogens with one attached hydrogen (secondary N) is 1. The summed E-state index contributed by atoms with van der Waals surface area (Å²) >= 11 is 0. The molecule has 1 heterocycles. The van der Waals surface area contributed by atoms with Gasteiger partial charge in [0.25, 0.3) is 6.43 Å². The second kappa shape index (κ2) is 14.0. The van der Waals surface area contributed by atoms with Crippen LogP contribution in [-0.4, -0.2) is 37.1 Å². The predicted octanol–water partition coefficient (Wildman–Crippen LogP) is 5.19. The van der Waals surface area contributed by atoms with Gasteiger partial charge in [0.15, 0.2) is 5.78 Å². The Morgan fingerprint density at radius 1 is 1.17 bits per heavy atom. The molecule has 10 heteroatoms. The minimum absolute atomic E-state index is 0.222. The third kappa shape index (κ3) is 8.83. The molecule has 0 saturated heterocycles. The molecule has 0 aliphatic rings. The molecule has 2 N–H and O–H groups in total. The molecule has 0 radical (unpaired) electrons. The van der Waals surface area contributed by atoms with Crippen molar-refractivity contribution < 1.29 is 37.4 Å². The topological polar surface area (TPSA) is 115 Å². The number of ketones is 1. The molecule has 0 spiro atoms. The number of aromatic hydroxyl groups is 1. The number of Topliss-reactive ketones (excluding diaryl/α,β-unsaturated/α-hetero) is 1. The van der Waals surface area contributed by atoms with E-state index in [0.29, 0.717) is 31.4 Å². The first-order valence-electron chi connectivity index (χ1n) is 11.5. The van der Waals surface area contributed by atoms with Crippen LogP contribution in [0.4, 0.5) is 13.6 Å². The molecule has 0 bridgehead atoms. The van der Waals surface area contributed by atoms with Gasteiger partial charge in [0.1, 0.15) is 29.4 Å². The van der Waals surface area contributed by atoms with Crippen LogP contribution in [-0.2, 0) is 11.2 Å². The number of ether oxygens (including phenoxy) is 2. The highest BCUT2D eigenvalue weighted by atomic mass is 19.3. The standard InChI is InChI=1S/C26H31F2NO7/c1-16(6-4-5-13-29-26(33)34-3)21-14-20(30)23(25(32)36-21)24(31)17(2)7-8-18-9-11-19(12-10-18)35-15-22(27)28/h5,9-14,16-17,22,30H,4,6-8,15H2,1-3H3,(H,29,33)/b13-5+. The van der Waals surface area contributed by atoms with E-state index in [2.05, 4.69) is 10.1 Å². The monoisotopic (exact) mass is 507 g/mol. The number of amides is 1. The van der Waals surface area contributed by atoms with Crippen molar-refractivity contribution in [3.05, 3.63) is 69.9 Å². The third-order valence-electron chi connectivity index (χ3n) is 5.57. The Labute approximate surface area is 207 Å². The molecule has 2 rings (SSSR count). The van der Waals surface area contributed by atoms with Gasteiger partial charge in [0.2, 0.25) is 0 Å². The van der Waals surface area contributed by atoms with E-state index >= 15 is 0 Å². The van der Waals surface area contributed by atoms with Crippen LogP contribution in [0.5, 0.6) is 11.5 Å². The van der Waals surface area contributed by atoms with Gasteiger partial charge in [-0.25, -0.2) is 18.4 Å². The number of halogens is 2. The highest BCUT2D eigenvalue weighted by Crippen LogP contribution is 2.27. The number of hydrogen-bond donors (Lipinski definition) is 2. The van der Waals surface area contributed by atoms with Crippen LogP contribution in [0.2, 0.25) is 0 Å². The highest BCUT2D eigenvalue weighted by molar-refractivity contribution is 5.99. The average Bonchev–Trinajstić information content (AvgIpc) is 2.85. The van der Waals surface area contributed by atoms with Crippen molar-refractivity contribution >= 4 is 11.9 Å². The van der Waals surface area contributed by atoms with E-state index in [4.69, 9.17) is 9.15 Å². The van der Waals surface area contributed by atoms with Crippen molar-refractivity contribution in [1.82, 2.24) is 5.32 Å². The number of allylic oxidation sites excluding steroid dienone is 1. The molecule has 36 heavy (non-hydrogen) atoms. The number of carbonyl (C=O) groups excluding carboxylic acids is 2. The molecule has 2 atom stereocenters. The summed E-state index contributed by atoms with van der Waals surface area (Å²) in [6, 6.07) is 7.90. The molecule has 2 aromatic rings. The van der Waals surface area contributed by atoms with Crippen LogP contribution in [0.25, 0.3) is 0 Å². The van der Waals surface area contributed by atoms with Gasteiger partial charge >= 0.3 is 11.7 Å². The summed E-state index contributed by atoms with van der Waals surface area (Å²) in [6.45, 7) is 2.79. The fraction of sp³-hybridized carbons (Fsp3) is 0.423. The minimum Gasteiger partial charge on any atom is -0.507 e. The summed E-state index contributed by atoms with van der Waals surface area (Å²) in [6.07, 6.45) is 2.06. The second-order valence-electron chi connectivity index (χ2n) is 8.36. The Morgan fingerprint density at radius 2 is 1.86 bits per heavy atom. The van der Waals surface area contributed by atoms with Crippen LogP contribution in [0, 0.1) is 5.92 Å². The van der Waals surface area contributed by atoms with E-state index in [1.165, 1.54) is 19.4 Å². The minimum atomic E-state index is -2.55. The van der Waals surface area contributed by atoms with Crippen molar-refractivity contribution in [2.24, 2.45) is 5.92 Å². The number of aryl methyl sites for hydroxylation is 1. The molecular weight excluding hydrogens is 476 g/mol. The number of hydrogen-bond acceptors (Lipinski definition) is 7. The van der Waals surface area contributed by atoms with Gasteiger partial charge in [0, 0.05) is 24.1 Å². The van der Waals surface area contributed by atoms with Crippen LogP contribution >= 0.6 is 0 Å². The fourth-order valence-corrected chi connectivity index (χ4v) is 3.40. The predicted molar refractivity (Wildman–Crippen MR) is 129 cm³/mol. The summed E-state index contributed by atoms with van der Waals surface area (Å²) in [4.78, 5) is 36.4. The Hall–Kier alpha value is -3.69. The van der Waals surface area contributed by atoms with E-state index in [-0.39, 0.29) is 17.2 Å². The van der Waals surface area contributed by atoms with Gasteiger partial charge in [-0.1, -0.05) is 32.1 Å². The molecule has 0 aliphatic carbocycles. The maximum absolute atomic E-state index is 12.9. The number of carbonyl (C=O) groups is 2. The first-order chi connectivity index (χ1) is 17.1. The molecule has 1 aromatic carbocycles. The normalized spacial score (nSPS) is 12.9. The quantitative estimate of drug-likeness (QED) is 0.358. The lowest BCUT2D eigenvalue weighted by atomic mass is 9.93. The van der Waals surface area contributed by atoms with E-state index < -0.39 is 42.2 Å². The Morgan fingerprint density at radius 3 is 2.47 bits per heavy atom. The molecule has 1 amide bonds. The van der Waals surface area contributed by atoms with Crippen LogP contribution in [0.3, 0.4) is 0 Å². The van der Waals surface area contributed by atoms with Gasteiger partial charge < -0.3 is 19.0 Å². The largest absolute Gasteiger partial charge is 0.507 e. The molecule has 0 fully saturated rings. The lowest BCUT2D eigenvalue weighted by Crippen LogP contribution is -2.21. The zero-order valence-corrected chi connectivity index (χ0v) is 20.5. The molecular formula is C26H31F2NO7. The maximum atomic E-state index is 12.9. The summed E-state index contributed by atoms with van der Waals surface area (Å²) in [5, 5.41) is 12.8. The van der Waals surface area contributed by atoms with Gasteiger partial charge in [-0.2, -0.15) is 0 Å². The van der Waals surface area contributed by atoms with E-state index in [1.54, 1.807) is 37.3 Å². The average molecular weight is 508 g/mol. The van der Waals surface area contributed by atoms with Crippen molar-refractivity contribution in [2.45, 2.75) is 51.9 Å². The van der Waals surface area contributed by atoms with Gasteiger partial charge in [0.05, 0.1) is 7.11 Å². The SMILES string of the molecule is COC(=O)N/C=C/CCC(C)c1cc(O)c(C(=O)C(C)CCc2ccc(OCC(F)F)cc2)c(=O)o1. The highest BCUT2D eigenvalue weighted by Gasteiger charge is 2.25. The third-order valence-corrected chi connectivity index (χ3v) is 5.57. The van der Waals surface area contributed by atoms with Crippen molar-refractivity contribution in [3.63, 3.8) is 0 Å². The van der Waals surface area contributed by atoms with Gasteiger partial charge in [-0.05, 0) is 43.4 Å². The number of rotatable bonds is 13. The number of alkyl halides is 2. The van der Waals surface area contributed by atoms with Crippen molar-refractivity contribution in [3.8, 4) is 11.5 Å². The summed E-state index contributed by atoms with van der Waals surface area (Å²) in [5.74, 6) is -1.15. The fourth-order valence-electron chi connectivity index (χ4n) is 3.40. The first-order valence-corrected chi connectivity index (χ1v) is 11.5. The lowest BCUT2D eigenvalue weighted by molar-refractivity contribution is 0.0819. The van der Waals surface area contributed by atoms with Crippen LogP contribution in [0.15, 0.2) is 51.8 Å². The molecule has 196 valence electrons. The Bertz CT molecular complexity index is 1100. The van der Waals surface area contributed by atoms with Crippen molar-refractivity contribution in [1.29, 1.82) is 0 Å². The van der Waals surface area contributed by atoms with E-state index in [1.807, 2.05) is 6.92 Å². The molecule has 2 unspecified atom stereocenters. The lowest BCUT2D eigenvalue weighted by Gasteiger charge is -2.13. The number of benzene rings is 1. The number of methoxy groups -OCH3 is 1. The zero-order valence-electron chi connectivity index (χ0n) is 20.5. The maximum Gasteiger partial charge on any atom is 0.410 e. The van der Waals surface area contributed by atoms with Crippen LogP contribution < -0.4 is 15.7 Å². The Kier molecular flexibility index (Phi) is 11.1. The molecule has 0 aliphatic heterocycles. The summed E-state index contributed by atoms with van der Waals surface area (Å²) in [7, 11) is 1.26. The zero-order chi connectivity index (χ0) is 26.7. The molecule has 1 aromatic heterocycles. The second-order valence-corrected chi connectivity index (χ2v) is 8.36. The smallest absolute Gasteiger partial charge is 0.410 e. The molecule has 0 saturated carbocycles.